The molecular formula is C27H19Cl2N5O5. The lowest BCUT2D eigenvalue weighted by Crippen LogP contribution is -2.06. The third-order valence-electron chi connectivity index (χ3n) is 5.70. The molecule has 1 heterocycles. The molecule has 3 aromatic carbocycles. The van der Waals surface area contributed by atoms with Gasteiger partial charge in [-0.15, -0.1) is 0 Å². The van der Waals surface area contributed by atoms with Gasteiger partial charge in [0.1, 0.15) is 12.1 Å². The Labute approximate surface area is 232 Å². The summed E-state index contributed by atoms with van der Waals surface area (Å²) >= 11 is 12.5. The molecule has 0 aliphatic heterocycles. The number of hydrogen-bond donors (Lipinski definition) is 1. The summed E-state index contributed by atoms with van der Waals surface area (Å²) in [5, 5.41) is 25.6. The van der Waals surface area contributed by atoms with Gasteiger partial charge in [-0.25, -0.2) is 9.78 Å². The molecule has 39 heavy (non-hydrogen) atoms. The molecule has 196 valence electrons. The van der Waals surface area contributed by atoms with E-state index in [2.05, 4.69) is 26.1 Å². The van der Waals surface area contributed by atoms with Crippen LogP contribution in [0, 0.1) is 28.4 Å². The number of nitrogens with zero attached hydrogens (tertiary/aromatic N) is 4. The van der Waals surface area contributed by atoms with E-state index in [1.165, 1.54) is 31.4 Å². The van der Waals surface area contributed by atoms with Gasteiger partial charge in [0.25, 0.3) is 0 Å². The van der Waals surface area contributed by atoms with Crippen LogP contribution in [0.25, 0.3) is 0 Å². The van der Waals surface area contributed by atoms with Crippen LogP contribution in [0.15, 0.2) is 67.0 Å². The Balaban J connectivity index is 1.65. The van der Waals surface area contributed by atoms with Gasteiger partial charge in [-0.1, -0.05) is 41.4 Å². The van der Waals surface area contributed by atoms with Crippen LogP contribution in [0.2, 0.25) is 10.0 Å². The van der Waals surface area contributed by atoms with Gasteiger partial charge in [-0.3, -0.25) is 10.1 Å². The van der Waals surface area contributed by atoms with Gasteiger partial charge in [0.2, 0.25) is 5.82 Å². The molecule has 4 aromatic rings. The number of esters is 1. The lowest BCUT2D eigenvalue weighted by Gasteiger charge is -2.16. The van der Waals surface area contributed by atoms with E-state index in [1.807, 2.05) is 0 Å². The number of ether oxygens (including phenoxy) is 2. The lowest BCUT2D eigenvalue weighted by atomic mass is 9.91. The predicted molar refractivity (Wildman–Crippen MR) is 145 cm³/mol. The fourth-order valence-corrected chi connectivity index (χ4v) is 4.15. The highest BCUT2D eigenvalue weighted by Gasteiger charge is 2.26. The van der Waals surface area contributed by atoms with Crippen molar-refractivity contribution in [2.75, 3.05) is 12.4 Å². The largest absolute Gasteiger partial charge is 0.465 e. The zero-order valence-corrected chi connectivity index (χ0v) is 22.0. The second-order valence-corrected chi connectivity index (χ2v) is 9.02. The van der Waals surface area contributed by atoms with Crippen molar-refractivity contribution in [2.24, 2.45) is 0 Å². The summed E-state index contributed by atoms with van der Waals surface area (Å²) in [4.78, 5) is 30.9. The first-order valence-corrected chi connectivity index (χ1v) is 12.0. The number of hydrogen-bond acceptors (Lipinski definition) is 9. The van der Waals surface area contributed by atoms with E-state index in [-0.39, 0.29) is 28.0 Å². The zero-order valence-electron chi connectivity index (χ0n) is 20.5. The van der Waals surface area contributed by atoms with E-state index in [4.69, 9.17) is 27.9 Å². The second kappa shape index (κ2) is 11.8. The molecule has 0 saturated heterocycles. The molecule has 0 saturated carbocycles. The van der Waals surface area contributed by atoms with Crippen molar-refractivity contribution in [3.63, 3.8) is 0 Å². The molecule has 0 fully saturated rings. The molecule has 1 unspecified atom stereocenters. The van der Waals surface area contributed by atoms with Gasteiger partial charge < -0.3 is 14.8 Å². The number of rotatable bonds is 8. The van der Waals surface area contributed by atoms with Gasteiger partial charge in [0.15, 0.2) is 0 Å². The smallest absolute Gasteiger partial charge is 0.373 e. The number of aryl methyl sites for hydroxylation is 1. The molecule has 4 rings (SSSR count). The minimum atomic E-state index is -0.669. The van der Waals surface area contributed by atoms with Crippen molar-refractivity contribution in [2.45, 2.75) is 12.8 Å². The van der Waals surface area contributed by atoms with Gasteiger partial charge in [0, 0.05) is 15.7 Å². The first-order valence-electron chi connectivity index (χ1n) is 11.3. The molecule has 0 bridgehead atoms. The molecule has 12 heteroatoms. The molecule has 0 spiro atoms. The van der Waals surface area contributed by atoms with Crippen LogP contribution in [-0.4, -0.2) is 28.0 Å². The molecule has 1 N–H and O–H groups in total. The fourth-order valence-electron chi connectivity index (χ4n) is 3.75. The van der Waals surface area contributed by atoms with Gasteiger partial charge >= 0.3 is 17.5 Å². The summed E-state index contributed by atoms with van der Waals surface area (Å²) < 4.78 is 10.3. The molecule has 0 amide bonds. The summed E-state index contributed by atoms with van der Waals surface area (Å²) in [5.41, 5.74) is 2.17. The van der Waals surface area contributed by atoms with Crippen molar-refractivity contribution >= 4 is 46.4 Å². The lowest BCUT2D eigenvalue weighted by molar-refractivity contribution is -0.385. The topological polar surface area (TPSA) is 140 Å². The quantitative estimate of drug-likeness (QED) is 0.136. The Kier molecular flexibility index (Phi) is 8.24. The van der Waals surface area contributed by atoms with E-state index < -0.39 is 22.5 Å². The minimum absolute atomic E-state index is 0.127. The molecule has 10 nitrogen and oxygen atoms in total. The van der Waals surface area contributed by atoms with Crippen molar-refractivity contribution in [3.8, 4) is 17.7 Å². The number of benzene rings is 3. The van der Waals surface area contributed by atoms with Gasteiger partial charge in [-0.05, 0) is 66.1 Å². The van der Waals surface area contributed by atoms with E-state index in [0.717, 1.165) is 11.9 Å². The minimum Gasteiger partial charge on any atom is -0.465 e. The number of nitro groups is 1. The van der Waals surface area contributed by atoms with E-state index >= 15 is 0 Å². The normalized spacial score (nSPS) is 11.3. The summed E-state index contributed by atoms with van der Waals surface area (Å²) in [5.74, 6) is -1.41. The zero-order chi connectivity index (χ0) is 28.1. The maximum atomic E-state index is 12.0. The Bertz CT molecular complexity index is 1590. The Morgan fingerprint density at radius 2 is 1.79 bits per heavy atom. The third-order valence-corrected chi connectivity index (χ3v) is 6.28. The predicted octanol–water partition coefficient (Wildman–Crippen LogP) is 6.98. The molecule has 0 aliphatic rings. The highest BCUT2D eigenvalue weighted by atomic mass is 35.5. The van der Waals surface area contributed by atoms with Crippen molar-refractivity contribution in [1.29, 1.82) is 5.26 Å². The SMILES string of the molecule is COC(=O)c1ccc(Oc2ncnc(Nc3cc(Cl)c(C(C#N)c4ccc(Cl)cc4)cc3C)c2[N+](=O)[O-])cc1. The first-order chi connectivity index (χ1) is 18.7. The van der Waals surface area contributed by atoms with E-state index in [1.54, 1.807) is 43.3 Å². The van der Waals surface area contributed by atoms with Crippen LogP contribution in [0.5, 0.6) is 11.6 Å². The maximum absolute atomic E-state index is 12.0. The highest BCUT2D eigenvalue weighted by molar-refractivity contribution is 6.32. The number of carbonyl (C=O) groups is 1. The summed E-state index contributed by atoms with van der Waals surface area (Å²) in [6.45, 7) is 1.77. The second-order valence-electron chi connectivity index (χ2n) is 8.18. The van der Waals surface area contributed by atoms with E-state index in [9.17, 15) is 20.2 Å². The summed E-state index contributed by atoms with van der Waals surface area (Å²) in [6, 6.07) is 18.3. The van der Waals surface area contributed by atoms with Crippen LogP contribution >= 0.6 is 23.2 Å². The number of carbonyl (C=O) groups excluding carboxylic acids is 1. The molecular weight excluding hydrogens is 545 g/mol. The van der Waals surface area contributed by atoms with Crippen LogP contribution in [0.3, 0.4) is 0 Å². The Morgan fingerprint density at radius 3 is 2.41 bits per heavy atom. The van der Waals surface area contributed by atoms with Crippen LogP contribution < -0.4 is 10.1 Å². The number of methoxy groups -OCH3 is 1. The number of halogens is 2. The highest BCUT2D eigenvalue weighted by Crippen LogP contribution is 2.39. The maximum Gasteiger partial charge on any atom is 0.373 e. The van der Waals surface area contributed by atoms with Crippen LogP contribution in [0.4, 0.5) is 17.2 Å². The Hall–Kier alpha value is -4.72. The standard InChI is InChI=1S/C27H19Cl2N5O5/c1-15-11-20(21(13-30)16-3-7-18(28)8-4-16)22(29)12-23(15)33-25-24(34(36)37)26(32-14-31-25)39-19-9-5-17(6-10-19)27(35)38-2/h3-12,14,21H,1-2H3,(H,31,32,33). The van der Waals surface area contributed by atoms with Crippen LogP contribution in [-0.2, 0) is 4.74 Å². The van der Waals surface area contributed by atoms with Crippen LogP contribution in [0.1, 0.15) is 33.0 Å². The first kappa shape index (κ1) is 27.3. The van der Waals surface area contributed by atoms with Crippen molar-refractivity contribution in [3.05, 3.63) is 109 Å². The Morgan fingerprint density at radius 1 is 1.10 bits per heavy atom. The number of aromatic nitrogens is 2. The fraction of sp³-hybridized carbons (Fsp3) is 0.111. The number of anilines is 2. The van der Waals surface area contributed by atoms with Gasteiger partial charge in [0.05, 0.1) is 29.6 Å². The van der Waals surface area contributed by atoms with E-state index in [0.29, 0.717) is 21.8 Å². The number of nitriles is 1. The summed E-state index contributed by atoms with van der Waals surface area (Å²) in [6.07, 6.45) is 1.12. The number of nitrogens with one attached hydrogen (secondary N) is 1. The average molecular weight is 564 g/mol. The average Bonchev–Trinajstić information content (AvgIpc) is 2.92. The van der Waals surface area contributed by atoms with Crippen molar-refractivity contribution in [1.82, 2.24) is 9.97 Å². The molecule has 1 aromatic heterocycles. The molecule has 0 radical (unpaired) electrons. The van der Waals surface area contributed by atoms with Gasteiger partial charge in [-0.2, -0.15) is 10.2 Å². The monoisotopic (exact) mass is 563 g/mol. The third kappa shape index (κ3) is 6.06. The molecule has 0 aliphatic carbocycles. The van der Waals surface area contributed by atoms with Crippen molar-refractivity contribution < 1.29 is 19.2 Å². The molecule has 1 atom stereocenters. The summed E-state index contributed by atoms with van der Waals surface area (Å²) in [7, 11) is 1.26.